The van der Waals surface area contributed by atoms with Gasteiger partial charge in [0.2, 0.25) is 0 Å². The van der Waals surface area contributed by atoms with Crippen LogP contribution in [0, 0.1) is 29.6 Å². The van der Waals surface area contributed by atoms with Crippen molar-refractivity contribution in [3.05, 3.63) is 58.3 Å². The van der Waals surface area contributed by atoms with Gasteiger partial charge in [-0.3, -0.25) is 9.78 Å². The molecular formula is C26H27Cl2NO3. The van der Waals surface area contributed by atoms with Crippen LogP contribution in [0.15, 0.2) is 42.6 Å². The molecule has 0 amide bonds. The molecule has 2 heterocycles. The van der Waals surface area contributed by atoms with Gasteiger partial charge >= 0.3 is 5.97 Å². The van der Waals surface area contributed by atoms with Gasteiger partial charge in [-0.1, -0.05) is 35.3 Å². The van der Waals surface area contributed by atoms with Gasteiger partial charge in [0.15, 0.2) is 0 Å². The molecule has 2 aromatic rings. The second-order valence-electron chi connectivity index (χ2n) is 9.48. The standard InChI is InChI=1S/C26H27Cl2NO3/c1-14-25-21(20-8-6-19(30)10-16(20)11-23(25)26(31)32-14)7-5-18-4-2-15(13-29-18)22-12-17(27)3-9-24(22)28/h2-5,7,9,12-14,16,19-21,23,25,30H,6,8,10-11H2,1H3/b7-5+/t14-,16+,19-,20-,21+,23-,25+/m1/s1. The molecular weight excluding hydrogens is 445 g/mol. The molecule has 1 aliphatic heterocycles. The summed E-state index contributed by atoms with van der Waals surface area (Å²) < 4.78 is 5.63. The average molecular weight is 472 g/mol. The minimum absolute atomic E-state index is 0.0634. The number of benzene rings is 1. The molecule has 32 heavy (non-hydrogen) atoms. The lowest BCUT2D eigenvalue weighted by atomic mass is 9.57. The number of halogens is 2. The number of nitrogens with zero attached hydrogens (tertiary/aromatic N) is 1. The summed E-state index contributed by atoms with van der Waals surface area (Å²) in [4.78, 5) is 17.1. The quantitative estimate of drug-likeness (QED) is 0.553. The van der Waals surface area contributed by atoms with E-state index in [2.05, 4.69) is 17.1 Å². The van der Waals surface area contributed by atoms with Crippen LogP contribution >= 0.6 is 23.2 Å². The van der Waals surface area contributed by atoms with E-state index in [1.54, 1.807) is 12.1 Å². The van der Waals surface area contributed by atoms with Crippen LogP contribution in [0.3, 0.4) is 0 Å². The zero-order chi connectivity index (χ0) is 22.4. The molecule has 0 bridgehead atoms. The number of cyclic esters (lactones) is 1. The van der Waals surface area contributed by atoms with Crippen molar-refractivity contribution in [3.63, 3.8) is 0 Å². The number of aromatic nitrogens is 1. The van der Waals surface area contributed by atoms with Gasteiger partial charge in [0, 0.05) is 33.3 Å². The van der Waals surface area contributed by atoms with Gasteiger partial charge in [-0.05, 0) is 80.7 Å². The highest BCUT2D eigenvalue weighted by molar-refractivity contribution is 6.35. The predicted octanol–water partition coefficient (Wildman–Crippen LogP) is 6.04. The topological polar surface area (TPSA) is 59.4 Å². The molecule has 0 unspecified atom stereocenters. The Labute approximate surface area is 198 Å². The molecule has 3 aliphatic rings. The highest BCUT2D eigenvalue weighted by Crippen LogP contribution is 2.53. The van der Waals surface area contributed by atoms with E-state index in [9.17, 15) is 9.90 Å². The van der Waals surface area contributed by atoms with Gasteiger partial charge in [0.25, 0.3) is 0 Å². The third-order valence-corrected chi connectivity index (χ3v) is 8.20. The highest BCUT2D eigenvalue weighted by atomic mass is 35.5. The van der Waals surface area contributed by atoms with Gasteiger partial charge < -0.3 is 9.84 Å². The second kappa shape index (κ2) is 8.81. The normalized spacial score (nSPS) is 34.2. The number of pyridine rings is 1. The second-order valence-corrected chi connectivity index (χ2v) is 10.3. The van der Waals surface area contributed by atoms with E-state index in [1.165, 1.54) is 0 Å². The molecule has 1 saturated heterocycles. The molecule has 2 saturated carbocycles. The number of fused-ring (bicyclic) bond motifs is 2. The van der Waals surface area contributed by atoms with Crippen LogP contribution in [0.1, 0.15) is 38.3 Å². The van der Waals surface area contributed by atoms with Crippen LogP contribution in [-0.2, 0) is 9.53 Å². The maximum absolute atomic E-state index is 12.5. The third-order valence-electron chi connectivity index (χ3n) is 7.64. The molecule has 1 aromatic heterocycles. The minimum Gasteiger partial charge on any atom is -0.462 e. The molecule has 7 atom stereocenters. The molecule has 168 valence electrons. The number of ether oxygens (including phenoxy) is 1. The van der Waals surface area contributed by atoms with E-state index in [0.29, 0.717) is 21.9 Å². The van der Waals surface area contributed by atoms with E-state index in [-0.39, 0.29) is 35.9 Å². The minimum atomic E-state index is -0.250. The van der Waals surface area contributed by atoms with E-state index >= 15 is 0 Å². The number of hydrogen-bond acceptors (Lipinski definition) is 4. The smallest absolute Gasteiger partial charge is 0.309 e. The fourth-order valence-electron chi connectivity index (χ4n) is 6.18. The van der Waals surface area contributed by atoms with Gasteiger partial charge in [-0.15, -0.1) is 0 Å². The zero-order valence-electron chi connectivity index (χ0n) is 18.0. The summed E-state index contributed by atoms with van der Waals surface area (Å²) in [6.07, 6.45) is 9.23. The van der Waals surface area contributed by atoms with Crippen molar-refractivity contribution in [3.8, 4) is 11.1 Å². The van der Waals surface area contributed by atoms with Gasteiger partial charge in [0.1, 0.15) is 6.10 Å². The third kappa shape index (κ3) is 4.09. The van der Waals surface area contributed by atoms with Gasteiger partial charge in [-0.25, -0.2) is 0 Å². The number of allylic oxidation sites excluding steroid dienone is 1. The number of carbonyl (C=O) groups excluding carboxylic acids is 1. The van der Waals surface area contributed by atoms with Crippen LogP contribution < -0.4 is 0 Å². The first kappa shape index (κ1) is 21.9. The largest absolute Gasteiger partial charge is 0.462 e. The highest BCUT2D eigenvalue weighted by Gasteiger charge is 2.54. The van der Waals surface area contributed by atoms with Crippen molar-refractivity contribution in [2.24, 2.45) is 29.6 Å². The Kier molecular flexibility index (Phi) is 6.04. The maximum Gasteiger partial charge on any atom is 0.309 e. The van der Waals surface area contributed by atoms with Crippen LogP contribution in [0.2, 0.25) is 10.0 Å². The molecule has 0 spiro atoms. The van der Waals surface area contributed by atoms with Crippen LogP contribution in [-0.4, -0.2) is 28.3 Å². The average Bonchev–Trinajstić information content (AvgIpc) is 3.06. The number of hydrogen-bond donors (Lipinski definition) is 1. The first-order chi connectivity index (χ1) is 15.4. The number of esters is 1. The van der Waals surface area contributed by atoms with E-state index in [1.807, 2.05) is 31.3 Å². The summed E-state index contributed by atoms with van der Waals surface area (Å²) in [6.45, 7) is 2.02. The van der Waals surface area contributed by atoms with Crippen LogP contribution in [0.4, 0.5) is 0 Å². The summed E-state index contributed by atoms with van der Waals surface area (Å²) in [5, 5.41) is 11.5. The Morgan fingerprint density at radius 3 is 2.78 bits per heavy atom. The van der Waals surface area contributed by atoms with Crippen LogP contribution in [0.25, 0.3) is 17.2 Å². The van der Waals surface area contributed by atoms with Crippen molar-refractivity contribution in [1.29, 1.82) is 0 Å². The summed E-state index contributed by atoms with van der Waals surface area (Å²) in [7, 11) is 0. The van der Waals surface area contributed by atoms with Gasteiger partial charge in [0.05, 0.1) is 17.7 Å². The fraction of sp³-hybridized carbons (Fsp3) is 0.462. The van der Waals surface area contributed by atoms with Crippen LogP contribution in [0.5, 0.6) is 0 Å². The summed E-state index contributed by atoms with van der Waals surface area (Å²) in [5.74, 6) is 1.15. The molecule has 5 rings (SSSR count). The number of aliphatic hydroxyl groups is 1. The summed E-state index contributed by atoms with van der Waals surface area (Å²) in [5.41, 5.74) is 2.63. The lowest BCUT2D eigenvalue weighted by Crippen LogP contribution is -2.44. The maximum atomic E-state index is 12.5. The Morgan fingerprint density at radius 2 is 2.00 bits per heavy atom. The first-order valence-electron chi connectivity index (χ1n) is 11.4. The molecule has 1 aromatic carbocycles. The lowest BCUT2D eigenvalue weighted by Gasteiger charge is -2.46. The lowest BCUT2D eigenvalue weighted by molar-refractivity contribution is -0.144. The monoisotopic (exact) mass is 471 g/mol. The first-order valence-corrected chi connectivity index (χ1v) is 12.1. The molecule has 3 fully saturated rings. The van der Waals surface area contributed by atoms with Gasteiger partial charge in [-0.2, -0.15) is 0 Å². The summed E-state index contributed by atoms with van der Waals surface area (Å²) >= 11 is 12.5. The summed E-state index contributed by atoms with van der Waals surface area (Å²) in [6, 6.07) is 9.37. The zero-order valence-corrected chi connectivity index (χ0v) is 19.5. The fourth-order valence-corrected chi connectivity index (χ4v) is 6.58. The van der Waals surface area contributed by atoms with Crippen molar-refractivity contribution in [2.75, 3.05) is 0 Å². The SMILES string of the molecule is C[C@H]1OC(=O)[C@@H]2C[C@@H]3C[C@H](O)CC[C@H]3[C@H](/C=C/c3ccc(-c4cc(Cl)ccc4Cl)cn3)[C@H]12. The number of carbonyl (C=O) groups is 1. The van der Waals surface area contributed by atoms with E-state index < -0.39 is 0 Å². The Hall–Kier alpha value is -1.88. The number of rotatable bonds is 3. The Morgan fingerprint density at radius 1 is 1.16 bits per heavy atom. The Bertz CT molecular complexity index is 1040. The van der Waals surface area contributed by atoms with Crippen molar-refractivity contribution >= 4 is 35.2 Å². The van der Waals surface area contributed by atoms with Crippen molar-refractivity contribution < 1.29 is 14.6 Å². The predicted molar refractivity (Wildman–Crippen MR) is 126 cm³/mol. The molecule has 6 heteroatoms. The Balaban J connectivity index is 1.40. The molecule has 2 aliphatic carbocycles. The molecule has 1 N–H and O–H groups in total. The van der Waals surface area contributed by atoms with E-state index in [4.69, 9.17) is 27.9 Å². The van der Waals surface area contributed by atoms with Crippen molar-refractivity contribution in [1.82, 2.24) is 4.98 Å². The number of aliphatic hydroxyl groups excluding tert-OH is 1. The molecule has 0 radical (unpaired) electrons. The van der Waals surface area contributed by atoms with E-state index in [0.717, 1.165) is 42.5 Å². The van der Waals surface area contributed by atoms with Crippen molar-refractivity contribution in [2.45, 2.75) is 44.8 Å². The molecule has 4 nitrogen and oxygen atoms in total.